The molecule has 0 aromatic carbocycles. The fourth-order valence-electron chi connectivity index (χ4n) is 4.48. The van der Waals surface area contributed by atoms with Crippen molar-refractivity contribution in [1.82, 2.24) is 15.1 Å². The first-order valence-corrected chi connectivity index (χ1v) is 12.2. The van der Waals surface area contributed by atoms with Gasteiger partial charge in [0, 0.05) is 24.5 Å². The minimum atomic E-state index is -2.90. The highest BCUT2D eigenvalue weighted by Gasteiger charge is 2.40. The minimum Gasteiger partial charge on any atom is -0.479 e. The summed E-state index contributed by atoms with van der Waals surface area (Å²) in [6, 6.07) is 0.561. The Hall–Kier alpha value is -2.02. The molecular weight excluding hydrogens is 430 g/mol. The Morgan fingerprint density at radius 1 is 1.23 bits per heavy atom. The summed E-state index contributed by atoms with van der Waals surface area (Å²) in [7, 11) is -2.90. The molecule has 1 aromatic heterocycles. The Morgan fingerprint density at radius 2 is 1.84 bits per heavy atom. The van der Waals surface area contributed by atoms with Crippen LogP contribution in [0, 0.1) is 11.8 Å². The Morgan fingerprint density at radius 3 is 2.35 bits per heavy atom. The molecular formula is C19H31N3O8S. The van der Waals surface area contributed by atoms with Gasteiger partial charge in [-0.05, 0) is 49.6 Å². The molecule has 0 saturated carbocycles. The Balaban J connectivity index is 0.000000291. The third-order valence-electron chi connectivity index (χ3n) is 5.70. The number of aromatic nitrogens is 2. The maximum absolute atomic E-state index is 11.6. The van der Waals surface area contributed by atoms with Crippen molar-refractivity contribution >= 4 is 21.8 Å². The second-order valence-corrected chi connectivity index (χ2v) is 10.5. The lowest BCUT2D eigenvalue weighted by atomic mass is 9.75. The number of hydrogen-bond acceptors (Lipinski definition) is 8. The zero-order chi connectivity index (χ0) is 23.3. The van der Waals surface area contributed by atoms with Crippen LogP contribution in [0.3, 0.4) is 0 Å². The predicted molar refractivity (Wildman–Crippen MR) is 110 cm³/mol. The molecule has 3 unspecified atom stereocenters. The van der Waals surface area contributed by atoms with Gasteiger partial charge in [-0.1, -0.05) is 6.92 Å². The van der Waals surface area contributed by atoms with Crippen LogP contribution in [-0.4, -0.2) is 99.2 Å². The maximum atomic E-state index is 11.6. The van der Waals surface area contributed by atoms with Crippen LogP contribution >= 0.6 is 0 Å². The van der Waals surface area contributed by atoms with Gasteiger partial charge in [-0.3, -0.25) is 10.00 Å². The van der Waals surface area contributed by atoms with Crippen molar-refractivity contribution in [3.63, 3.8) is 0 Å². The number of nitrogens with zero attached hydrogens (tertiary/aromatic N) is 2. The Labute approximate surface area is 181 Å². The first-order chi connectivity index (χ1) is 14.4. The number of H-pyrrole nitrogens is 1. The summed E-state index contributed by atoms with van der Waals surface area (Å²) in [5.41, 5.74) is 2.60. The number of aromatic amines is 1. The average Bonchev–Trinajstić information content (AvgIpc) is 3.12. The largest absolute Gasteiger partial charge is 0.479 e. The van der Waals surface area contributed by atoms with Crippen LogP contribution in [0.4, 0.5) is 0 Å². The zero-order valence-electron chi connectivity index (χ0n) is 17.6. The lowest BCUT2D eigenvalue weighted by Crippen LogP contribution is -2.53. The first kappa shape index (κ1) is 25.2. The Bertz CT molecular complexity index is 853. The number of carboxylic acids is 2. The summed E-state index contributed by atoms with van der Waals surface area (Å²) in [5.74, 6) is -2.38. The molecule has 0 radical (unpaired) electrons. The second-order valence-electron chi connectivity index (χ2n) is 8.36. The topological polar surface area (TPSA) is 181 Å². The summed E-state index contributed by atoms with van der Waals surface area (Å²) in [5, 5.41) is 39.8. The maximum Gasteiger partial charge on any atom is 0.335 e. The van der Waals surface area contributed by atoms with Crippen molar-refractivity contribution in [2.24, 2.45) is 11.8 Å². The molecule has 0 amide bonds. The summed E-state index contributed by atoms with van der Waals surface area (Å²) in [4.78, 5) is 22.1. The molecule has 0 spiro atoms. The third-order valence-corrected chi connectivity index (χ3v) is 6.78. The van der Waals surface area contributed by atoms with E-state index in [2.05, 4.69) is 22.0 Å². The lowest BCUT2D eigenvalue weighted by molar-refractivity contribution is -0.165. The normalized spacial score (nSPS) is 25.4. The van der Waals surface area contributed by atoms with E-state index in [-0.39, 0.29) is 5.92 Å². The highest BCUT2D eigenvalue weighted by molar-refractivity contribution is 7.90. The van der Waals surface area contributed by atoms with Gasteiger partial charge < -0.3 is 20.4 Å². The molecule has 2 heterocycles. The molecule has 0 bridgehead atoms. The number of nitrogens with one attached hydrogen (secondary N) is 1. The van der Waals surface area contributed by atoms with Crippen molar-refractivity contribution in [3.8, 4) is 0 Å². The van der Waals surface area contributed by atoms with Gasteiger partial charge in [0.2, 0.25) is 0 Å². The number of carboxylic acid groups (broad SMARTS) is 2. The summed E-state index contributed by atoms with van der Waals surface area (Å²) in [6.07, 6.45) is 3.00. The highest BCUT2D eigenvalue weighted by Crippen LogP contribution is 2.36. The summed E-state index contributed by atoms with van der Waals surface area (Å²) in [6.45, 7) is 4.19. The summed E-state index contributed by atoms with van der Waals surface area (Å²) < 4.78 is 23.3. The molecule has 1 aromatic rings. The monoisotopic (exact) mass is 461 g/mol. The van der Waals surface area contributed by atoms with E-state index in [0.717, 1.165) is 38.8 Å². The Kier molecular flexibility index (Phi) is 8.57. The van der Waals surface area contributed by atoms with E-state index in [4.69, 9.17) is 20.4 Å². The summed E-state index contributed by atoms with van der Waals surface area (Å²) >= 11 is 0. The van der Waals surface area contributed by atoms with Gasteiger partial charge in [-0.2, -0.15) is 5.10 Å². The van der Waals surface area contributed by atoms with E-state index in [1.54, 1.807) is 0 Å². The molecule has 1 fully saturated rings. The van der Waals surface area contributed by atoms with E-state index in [0.29, 0.717) is 17.7 Å². The second kappa shape index (κ2) is 10.5. The van der Waals surface area contributed by atoms with E-state index in [1.165, 1.54) is 17.5 Å². The molecule has 5 N–H and O–H groups in total. The van der Waals surface area contributed by atoms with Crippen molar-refractivity contribution in [1.29, 1.82) is 0 Å². The molecule has 11 nitrogen and oxygen atoms in total. The number of aliphatic hydroxyl groups is 2. The third kappa shape index (κ3) is 6.99. The molecule has 176 valence electrons. The predicted octanol–water partition coefficient (Wildman–Crippen LogP) is -0.853. The van der Waals surface area contributed by atoms with Crippen molar-refractivity contribution < 1.29 is 38.4 Å². The number of rotatable bonds is 7. The van der Waals surface area contributed by atoms with Gasteiger partial charge in [0.15, 0.2) is 12.2 Å². The van der Waals surface area contributed by atoms with Crippen LogP contribution in [0.1, 0.15) is 31.0 Å². The zero-order valence-corrected chi connectivity index (χ0v) is 18.5. The van der Waals surface area contributed by atoms with Crippen LogP contribution < -0.4 is 0 Å². The van der Waals surface area contributed by atoms with Crippen LogP contribution in [0.2, 0.25) is 0 Å². The molecule has 1 aliphatic carbocycles. The number of aliphatic hydroxyl groups excluding tert-OH is 2. The molecule has 2 aliphatic rings. The number of carbonyl (C=O) groups is 2. The fourth-order valence-corrected chi connectivity index (χ4v) is 5.58. The van der Waals surface area contributed by atoms with Gasteiger partial charge in [0.1, 0.15) is 9.84 Å². The number of hydrogen-bond donors (Lipinski definition) is 5. The average molecular weight is 462 g/mol. The highest BCUT2D eigenvalue weighted by atomic mass is 32.2. The van der Waals surface area contributed by atoms with Crippen LogP contribution in [0.15, 0.2) is 6.20 Å². The quantitative estimate of drug-likeness (QED) is 0.343. The van der Waals surface area contributed by atoms with Gasteiger partial charge in [0.05, 0.1) is 11.9 Å². The van der Waals surface area contributed by atoms with Crippen molar-refractivity contribution in [2.75, 3.05) is 25.1 Å². The smallest absolute Gasteiger partial charge is 0.335 e. The van der Waals surface area contributed by atoms with Crippen LogP contribution in [0.25, 0.3) is 0 Å². The standard InChI is InChI=1S/C15H25N3O2S.C4H6O6/c1-3-4-18-9-11(10-21(2,19)20)5-12-6-14-13(7-15(12)18)8-16-17-14;5-1(3(7)8)2(6)4(9)10/h8,11-12,15H,3-7,9-10H2,1-2H3,(H,16,17);1-2,5-6H,(H,7,8)(H,9,10)/t11-,12-,15?;/m1./s1. The first-order valence-electron chi connectivity index (χ1n) is 10.2. The van der Waals surface area contributed by atoms with E-state index >= 15 is 0 Å². The van der Waals surface area contributed by atoms with Gasteiger partial charge in [-0.15, -0.1) is 0 Å². The minimum absolute atomic E-state index is 0.275. The van der Waals surface area contributed by atoms with Gasteiger partial charge in [-0.25, -0.2) is 18.0 Å². The van der Waals surface area contributed by atoms with Crippen molar-refractivity contribution in [3.05, 3.63) is 17.5 Å². The van der Waals surface area contributed by atoms with E-state index < -0.39 is 34.0 Å². The number of sulfone groups is 1. The molecule has 1 aliphatic heterocycles. The van der Waals surface area contributed by atoms with E-state index in [9.17, 15) is 18.0 Å². The number of likely N-dealkylation sites (tertiary alicyclic amines) is 1. The van der Waals surface area contributed by atoms with Gasteiger partial charge >= 0.3 is 11.9 Å². The molecule has 3 rings (SSSR count). The van der Waals surface area contributed by atoms with Crippen LogP contribution in [-0.2, 0) is 32.3 Å². The molecule has 31 heavy (non-hydrogen) atoms. The SMILES string of the molecule is CCCN1C[C@H](CS(C)(=O)=O)C[C@@H]2Cc3[nH]ncc3CC21.O=C(O)C(O)C(O)C(=O)O. The molecule has 12 heteroatoms. The fraction of sp³-hybridized carbons (Fsp3) is 0.737. The van der Waals surface area contributed by atoms with E-state index in [1.807, 2.05) is 6.20 Å². The number of aliphatic carboxylic acids is 2. The van der Waals surface area contributed by atoms with Crippen molar-refractivity contribution in [2.45, 2.75) is 50.9 Å². The molecule has 1 saturated heterocycles. The number of fused-ring (bicyclic) bond motifs is 2. The molecule has 5 atom stereocenters. The lowest BCUT2D eigenvalue weighted by Gasteiger charge is -2.46. The number of piperidine rings is 1. The van der Waals surface area contributed by atoms with Gasteiger partial charge in [0.25, 0.3) is 0 Å². The van der Waals surface area contributed by atoms with Crippen LogP contribution in [0.5, 0.6) is 0 Å².